The molecule has 15 heavy (non-hydrogen) atoms. The molecule has 2 rings (SSSR count). The number of nitro groups is 1. The van der Waals surface area contributed by atoms with Crippen molar-refractivity contribution in [1.82, 2.24) is 0 Å². The second-order valence-corrected chi connectivity index (χ2v) is 4.34. The molecule has 1 saturated carbocycles. The molecule has 0 aliphatic heterocycles. The number of nitro benzene ring substituents is 1. The highest BCUT2D eigenvalue weighted by Gasteiger charge is 2.35. The lowest BCUT2D eigenvalue weighted by Gasteiger charge is -2.38. The smallest absolute Gasteiger partial charge is 0.288 e. The van der Waals surface area contributed by atoms with Crippen LogP contribution in [0.25, 0.3) is 0 Å². The molecule has 1 aromatic carbocycles. The molecule has 0 heterocycles. The van der Waals surface area contributed by atoms with E-state index in [1.54, 1.807) is 12.1 Å². The molecule has 0 amide bonds. The molecule has 1 aliphatic rings. The molecule has 2 N–H and O–H groups in total. The first-order chi connectivity index (χ1) is 7.03. The summed E-state index contributed by atoms with van der Waals surface area (Å²) in [7, 11) is 0. The molecule has 1 aromatic rings. The molecule has 80 valence electrons. The summed E-state index contributed by atoms with van der Waals surface area (Å²) in [4.78, 5) is 10.2. The van der Waals surface area contributed by atoms with Crippen molar-refractivity contribution >= 4 is 17.3 Å². The molecule has 0 bridgehead atoms. The van der Waals surface area contributed by atoms with Crippen LogP contribution >= 0.6 is 11.6 Å². The fourth-order valence-corrected chi connectivity index (χ4v) is 2.00. The number of hydrogen-bond acceptors (Lipinski definition) is 3. The van der Waals surface area contributed by atoms with Crippen molar-refractivity contribution in [1.29, 1.82) is 0 Å². The Labute approximate surface area is 92.2 Å². The number of nitrogens with zero attached hydrogens (tertiary/aromatic N) is 1. The molecule has 4 nitrogen and oxygen atoms in total. The number of benzene rings is 1. The maximum Gasteiger partial charge on any atom is 0.288 e. The van der Waals surface area contributed by atoms with Crippen molar-refractivity contribution < 1.29 is 4.92 Å². The fraction of sp³-hybridized carbons (Fsp3) is 0.400. The van der Waals surface area contributed by atoms with E-state index in [0.717, 1.165) is 24.8 Å². The number of hydrogen-bond donors (Lipinski definition) is 1. The molecular formula is C10H11ClN2O2. The van der Waals surface area contributed by atoms with Crippen LogP contribution in [-0.4, -0.2) is 4.92 Å². The average Bonchev–Trinajstić information content (AvgIpc) is 2.14. The van der Waals surface area contributed by atoms with Gasteiger partial charge in [-0.3, -0.25) is 10.1 Å². The normalized spacial score (nSPS) is 18.3. The zero-order chi connectivity index (χ0) is 11.1. The molecule has 0 radical (unpaired) electrons. The van der Waals surface area contributed by atoms with Gasteiger partial charge in [-0.1, -0.05) is 17.7 Å². The quantitative estimate of drug-likeness (QED) is 0.623. The first-order valence-corrected chi connectivity index (χ1v) is 5.14. The third-order valence-electron chi connectivity index (χ3n) is 2.96. The van der Waals surface area contributed by atoms with Gasteiger partial charge in [0.2, 0.25) is 0 Å². The van der Waals surface area contributed by atoms with E-state index in [0.29, 0.717) is 0 Å². The Morgan fingerprint density at radius 3 is 2.60 bits per heavy atom. The summed E-state index contributed by atoms with van der Waals surface area (Å²) in [5, 5.41) is 10.8. The van der Waals surface area contributed by atoms with Crippen LogP contribution in [0.3, 0.4) is 0 Å². The van der Waals surface area contributed by atoms with Crippen molar-refractivity contribution in [2.24, 2.45) is 5.73 Å². The molecule has 0 saturated heterocycles. The van der Waals surface area contributed by atoms with Gasteiger partial charge >= 0.3 is 0 Å². The Morgan fingerprint density at radius 1 is 1.47 bits per heavy atom. The van der Waals surface area contributed by atoms with Crippen LogP contribution in [0.15, 0.2) is 18.2 Å². The minimum absolute atomic E-state index is 0.0640. The van der Waals surface area contributed by atoms with Gasteiger partial charge in [0.05, 0.1) is 4.92 Å². The topological polar surface area (TPSA) is 69.2 Å². The second-order valence-electron chi connectivity index (χ2n) is 3.93. The molecule has 0 atom stereocenters. The van der Waals surface area contributed by atoms with Gasteiger partial charge in [-0.25, -0.2) is 0 Å². The highest BCUT2D eigenvalue weighted by molar-refractivity contribution is 6.32. The predicted octanol–water partition coefficient (Wildman–Crippen LogP) is 2.59. The van der Waals surface area contributed by atoms with Crippen LogP contribution < -0.4 is 5.73 Å². The van der Waals surface area contributed by atoms with E-state index < -0.39 is 4.92 Å². The van der Waals surface area contributed by atoms with Crippen LogP contribution in [0.1, 0.15) is 24.8 Å². The fourth-order valence-electron chi connectivity index (χ4n) is 1.81. The largest absolute Gasteiger partial charge is 0.321 e. The minimum Gasteiger partial charge on any atom is -0.321 e. The van der Waals surface area contributed by atoms with E-state index in [-0.39, 0.29) is 16.2 Å². The summed E-state index contributed by atoms with van der Waals surface area (Å²) in [6.07, 6.45) is 2.84. The van der Waals surface area contributed by atoms with Crippen LogP contribution in [0.2, 0.25) is 5.02 Å². The molecule has 0 unspecified atom stereocenters. The zero-order valence-electron chi connectivity index (χ0n) is 8.07. The summed E-state index contributed by atoms with van der Waals surface area (Å²) in [5.74, 6) is 0. The predicted molar refractivity (Wildman–Crippen MR) is 57.8 cm³/mol. The van der Waals surface area contributed by atoms with E-state index in [1.165, 1.54) is 6.07 Å². The summed E-state index contributed by atoms with van der Waals surface area (Å²) in [6, 6.07) is 4.80. The first kappa shape index (κ1) is 10.4. The van der Waals surface area contributed by atoms with Crippen molar-refractivity contribution in [2.75, 3.05) is 0 Å². The van der Waals surface area contributed by atoms with E-state index >= 15 is 0 Å². The Kier molecular flexibility index (Phi) is 2.40. The van der Waals surface area contributed by atoms with Gasteiger partial charge < -0.3 is 5.73 Å². The van der Waals surface area contributed by atoms with Gasteiger partial charge in [0, 0.05) is 11.6 Å². The van der Waals surface area contributed by atoms with Crippen LogP contribution in [0, 0.1) is 10.1 Å². The first-order valence-electron chi connectivity index (χ1n) is 4.76. The summed E-state index contributed by atoms with van der Waals surface area (Å²) >= 11 is 5.72. The molecular weight excluding hydrogens is 216 g/mol. The Hall–Kier alpha value is -1.13. The molecule has 1 fully saturated rings. The van der Waals surface area contributed by atoms with Crippen molar-refractivity contribution in [3.05, 3.63) is 38.9 Å². The average molecular weight is 227 g/mol. The SMILES string of the molecule is NC1(c2ccc(Cl)c([N+](=O)[O-])c2)CCC1. The zero-order valence-corrected chi connectivity index (χ0v) is 8.83. The lowest BCUT2D eigenvalue weighted by molar-refractivity contribution is -0.384. The number of halogens is 1. The standard InChI is InChI=1S/C10H11ClN2O2/c11-8-3-2-7(6-9(8)13(14)15)10(12)4-1-5-10/h2-3,6H,1,4-5,12H2. The van der Waals surface area contributed by atoms with E-state index in [4.69, 9.17) is 17.3 Å². The second kappa shape index (κ2) is 3.47. The lowest BCUT2D eigenvalue weighted by Crippen LogP contribution is -2.43. The third kappa shape index (κ3) is 1.70. The lowest BCUT2D eigenvalue weighted by atomic mass is 9.73. The van der Waals surface area contributed by atoms with Crippen LogP contribution in [0.4, 0.5) is 5.69 Å². The van der Waals surface area contributed by atoms with Gasteiger partial charge in [-0.05, 0) is 30.9 Å². The van der Waals surface area contributed by atoms with Crippen molar-refractivity contribution in [3.63, 3.8) is 0 Å². The van der Waals surface area contributed by atoms with Crippen LogP contribution in [0.5, 0.6) is 0 Å². The van der Waals surface area contributed by atoms with Gasteiger partial charge in [-0.2, -0.15) is 0 Å². The van der Waals surface area contributed by atoms with Gasteiger partial charge in [0.15, 0.2) is 0 Å². The monoisotopic (exact) mass is 226 g/mol. The Morgan fingerprint density at radius 2 is 2.13 bits per heavy atom. The minimum atomic E-state index is -0.478. The highest BCUT2D eigenvalue weighted by Crippen LogP contribution is 2.40. The summed E-state index contributed by atoms with van der Waals surface area (Å²) < 4.78 is 0. The molecule has 0 aromatic heterocycles. The van der Waals surface area contributed by atoms with E-state index in [2.05, 4.69) is 0 Å². The number of rotatable bonds is 2. The van der Waals surface area contributed by atoms with Gasteiger partial charge in [0.25, 0.3) is 5.69 Å². The third-order valence-corrected chi connectivity index (χ3v) is 3.28. The highest BCUT2D eigenvalue weighted by atomic mass is 35.5. The van der Waals surface area contributed by atoms with E-state index in [9.17, 15) is 10.1 Å². The van der Waals surface area contributed by atoms with Crippen molar-refractivity contribution in [3.8, 4) is 0 Å². The van der Waals surface area contributed by atoms with Crippen LogP contribution in [-0.2, 0) is 5.54 Å². The van der Waals surface area contributed by atoms with Crippen molar-refractivity contribution in [2.45, 2.75) is 24.8 Å². The van der Waals surface area contributed by atoms with Gasteiger partial charge in [-0.15, -0.1) is 0 Å². The molecule has 1 aliphatic carbocycles. The Bertz CT molecular complexity index is 416. The maximum atomic E-state index is 10.7. The summed E-state index contributed by atoms with van der Waals surface area (Å²) in [5.41, 5.74) is 6.44. The van der Waals surface area contributed by atoms with Gasteiger partial charge in [0.1, 0.15) is 5.02 Å². The summed E-state index contributed by atoms with van der Waals surface area (Å²) in [6.45, 7) is 0. The van der Waals surface area contributed by atoms with E-state index in [1.807, 2.05) is 0 Å². The maximum absolute atomic E-state index is 10.7. The number of nitrogens with two attached hydrogens (primary N) is 1. The molecule has 5 heteroatoms. The Balaban J connectivity index is 2.42. The molecule has 0 spiro atoms.